The third-order valence-corrected chi connectivity index (χ3v) is 3.20. The van der Waals surface area contributed by atoms with Crippen molar-refractivity contribution in [3.63, 3.8) is 0 Å². The summed E-state index contributed by atoms with van der Waals surface area (Å²) in [5, 5.41) is 0.631. The molecule has 2 N–H and O–H groups in total. The van der Waals surface area contributed by atoms with Gasteiger partial charge in [-0.15, -0.1) is 0 Å². The first-order valence-corrected chi connectivity index (χ1v) is 5.69. The van der Waals surface area contributed by atoms with Crippen molar-refractivity contribution in [1.29, 1.82) is 0 Å². The lowest BCUT2D eigenvalue weighted by Gasteiger charge is -2.11. The lowest BCUT2D eigenvalue weighted by Crippen LogP contribution is -1.93. The zero-order chi connectivity index (χ0) is 12.6. The van der Waals surface area contributed by atoms with E-state index in [-0.39, 0.29) is 5.82 Å². The molecule has 0 aliphatic rings. The van der Waals surface area contributed by atoms with E-state index in [1.54, 1.807) is 6.07 Å². The molecule has 0 saturated heterocycles. The molecule has 3 heteroatoms. The molecule has 0 aliphatic carbocycles. The highest BCUT2D eigenvalue weighted by Gasteiger charge is 2.09. The Kier molecular flexibility index (Phi) is 3.07. The van der Waals surface area contributed by atoms with E-state index in [1.807, 2.05) is 26.0 Å². The second kappa shape index (κ2) is 4.38. The summed E-state index contributed by atoms with van der Waals surface area (Å²) in [6, 6.07) is 8.22. The number of halogens is 2. The fourth-order valence-electron chi connectivity index (χ4n) is 1.77. The van der Waals surface area contributed by atoms with Gasteiger partial charge in [0.1, 0.15) is 5.82 Å². The molecule has 2 aromatic carbocycles. The third-order valence-electron chi connectivity index (χ3n) is 2.89. The lowest BCUT2D eigenvalue weighted by molar-refractivity contribution is 0.628. The zero-order valence-corrected chi connectivity index (χ0v) is 10.5. The summed E-state index contributed by atoms with van der Waals surface area (Å²) in [5.74, 6) is -0.341. The molecule has 0 aromatic heterocycles. The van der Waals surface area contributed by atoms with Crippen molar-refractivity contribution in [3.05, 3.63) is 52.3 Å². The van der Waals surface area contributed by atoms with Crippen LogP contribution in [0.15, 0.2) is 30.3 Å². The van der Waals surface area contributed by atoms with Crippen LogP contribution in [0.3, 0.4) is 0 Å². The summed E-state index contributed by atoms with van der Waals surface area (Å²) in [5.41, 5.74) is 10.1. The average molecular weight is 250 g/mol. The van der Waals surface area contributed by atoms with Gasteiger partial charge in [0.25, 0.3) is 0 Å². The van der Waals surface area contributed by atoms with Gasteiger partial charge in [0.05, 0.1) is 0 Å². The van der Waals surface area contributed by atoms with Crippen LogP contribution in [0.4, 0.5) is 10.1 Å². The number of hydrogen-bond acceptors (Lipinski definition) is 1. The van der Waals surface area contributed by atoms with Gasteiger partial charge in [0.15, 0.2) is 0 Å². The van der Waals surface area contributed by atoms with E-state index >= 15 is 0 Å². The van der Waals surface area contributed by atoms with Crippen LogP contribution in [-0.2, 0) is 0 Å². The standard InChI is InChI=1S/C14H13ClFN/c1-8-5-12(13(15)6-9(8)2)11-4-3-10(16)7-14(11)17/h3-7H,17H2,1-2H3. The quantitative estimate of drug-likeness (QED) is 0.748. The Morgan fingerprint density at radius 1 is 1.00 bits per heavy atom. The summed E-state index contributed by atoms with van der Waals surface area (Å²) >= 11 is 6.20. The van der Waals surface area contributed by atoms with E-state index in [0.29, 0.717) is 10.7 Å². The molecule has 0 unspecified atom stereocenters. The predicted molar refractivity (Wildman–Crippen MR) is 70.7 cm³/mol. The van der Waals surface area contributed by atoms with Crippen molar-refractivity contribution in [3.8, 4) is 11.1 Å². The normalized spacial score (nSPS) is 10.6. The molecule has 1 nitrogen and oxygen atoms in total. The molecule has 0 saturated carbocycles. The molecule has 0 spiro atoms. The summed E-state index contributed by atoms with van der Waals surface area (Å²) in [6.45, 7) is 4.01. The van der Waals surface area contributed by atoms with Crippen molar-refractivity contribution >= 4 is 17.3 Å². The van der Waals surface area contributed by atoms with Gasteiger partial charge in [0, 0.05) is 21.8 Å². The molecular weight excluding hydrogens is 237 g/mol. The molecular formula is C14H13ClFN. The number of nitrogens with two attached hydrogens (primary N) is 1. The number of nitrogen functional groups attached to an aromatic ring is 1. The second-order valence-electron chi connectivity index (χ2n) is 4.15. The van der Waals surface area contributed by atoms with Gasteiger partial charge in [-0.2, -0.15) is 0 Å². The number of aryl methyl sites for hydroxylation is 2. The largest absolute Gasteiger partial charge is 0.398 e. The Balaban J connectivity index is 2.64. The second-order valence-corrected chi connectivity index (χ2v) is 4.56. The first kappa shape index (κ1) is 11.9. The van der Waals surface area contributed by atoms with Crippen LogP contribution in [0, 0.1) is 19.7 Å². The maximum Gasteiger partial charge on any atom is 0.125 e. The number of anilines is 1. The van der Waals surface area contributed by atoms with Crippen LogP contribution < -0.4 is 5.73 Å². The van der Waals surface area contributed by atoms with Crippen molar-refractivity contribution < 1.29 is 4.39 Å². The van der Waals surface area contributed by atoms with E-state index < -0.39 is 0 Å². The van der Waals surface area contributed by atoms with E-state index in [2.05, 4.69) is 0 Å². The highest BCUT2D eigenvalue weighted by Crippen LogP contribution is 2.34. The minimum absolute atomic E-state index is 0.341. The number of benzene rings is 2. The van der Waals surface area contributed by atoms with Gasteiger partial charge >= 0.3 is 0 Å². The van der Waals surface area contributed by atoms with Crippen LogP contribution in [0.1, 0.15) is 11.1 Å². The first-order chi connectivity index (χ1) is 7.99. The van der Waals surface area contributed by atoms with Crippen LogP contribution >= 0.6 is 11.6 Å². The SMILES string of the molecule is Cc1cc(Cl)c(-c2ccc(F)cc2N)cc1C. The maximum absolute atomic E-state index is 13.0. The molecule has 0 aliphatic heterocycles. The van der Waals surface area contributed by atoms with Gasteiger partial charge < -0.3 is 5.73 Å². The van der Waals surface area contributed by atoms with Gasteiger partial charge in [-0.1, -0.05) is 11.6 Å². The van der Waals surface area contributed by atoms with Gasteiger partial charge in [-0.3, -0.25) is 0 Å². The van der Waals surface area contributed by atoms with Crippen LogP contribution in [0.5, 0.6) is 0 Å². The average Bonchev–Trinajstić information content (AvgIpc) is 2.24. The van der Waals surface area contributed by atoms with E-state index in [0.717, 1.165) is 22.3 Å². The minimum Gasteiger partial charge on any atom is -0.398 e. The maximum atomic E-state index is 13.0. The van der Waals surface area contributed by atoms with Crippen LogP contribution in [0.2, 0.25) is 5.02 Å². The molecule has 0 amide bonds. The fourth-order valence-corrected chi connectivity index (χ4v) is 2.09. The Morgan fingerprint density at radius 3 is 2.29 bits per heavy atom. The molecule has 0 radical (unpaired) electrons. The summed E-state index contributed by atoms with van der Waals surface area (Å²) in [6.07, 6.45) is 0. The number of rotatable bonds is 1. The smallest absolute Gasteiger partial charge is 0.125 e. The first-order valence-electron chi connectivity index (χ1n) is 5.31. The Labute approximate surface area is 105 Å². The predicted octanol–water partition coefficient (Wildman–Crippen LogP) is 4.35. The molecule has 17 heavy (non-hydrogen) atoms. The van der Waals surface area contributed by atoms with Gasteiger partial charge in [0.2, 0.25) is 0 Å². The molecule has 0 fully saturated rings. The highest BCUT2D eigenvalue weighted by atomic mass is 35.5. The Morgan fingerprint density at radius 2 is 1.65 bits per heavy atom. The van der Waals surface area contributed by atoms with Crippen molar-refractivity contribution in [2.45, 2.75) is 13.8 Å². The molecule has 0 atom stereocenters. The molecule has 0 heterocycles. The zero-order valence-electron chi connectivity index (χ0n) is 9.72. The van der Waals surface area contributed by atoms with E-state index in [4.69, 9.17) is 17.3 Å². The summed E-state index contributed by atoms with van der Waals surface area (Å²) in [7, 11) is 0. The molecule has 0 bridgehead atoms. The fraction of sp³-hybridized carbons (Fsp3) is 0.143. The van der Waals surface area contributed by atoms with E-state index in [9.17, 15) is 4.39 Å². The van der Waals surface area contributed by atoms with Crippen molar-refractivity contribution in [1.82, 2.24) is 0 Å². The highest BCUT2D eigenvalue weighted by molar-refractivity contribution is 6.33. The molecule has 88 valence electrons. The molecule has 2 rings (SSSR count). The van der Waals surface area contributed by atoms with Gasteiger partial charge in [-0.05, 0) is 55.3 Å². The van der Waals surface area contributed by atoms with Crippen LogP contribution in [0.25, 0.3) is 11.1 Å². The van der Waals surface area contributed by atoms with Crippen molar-refractivity contribution in [2.75, 3.05) is 5.73 Å². The van der Waals surface area contributed by atoms with Crippen molar-refractivity contribution in [2.24, 2.45) is 0 Å². The number of hydrogen-bond donors (Lipinski definition) is 1. The van der Waals surface area contributed by atoms with Gasteiger partial charge in [-0.25, -0.2) is 4.39 Å². The summed E-state index contributed by atoms with van der Waals surface area (Å²) < 4.78 is 13.0. The lowest BCUT2D eigenvalue weighted by atomic mass is 9.99. The minimum atomic E-state index is -0.341. The Hall–Kier alpha value is -1.54. The topological polar surface area (TPSA) is 26.0 Å². The molecule has 2 aromatic rings. The summed E-state index contributed by atoms with van der Waals surface area (Å²) in [4.78, 5) is 0. The third kappa shape index (κ3) is 2.27. The monoisotopic (exact) mass is 249 g/mol. The van der Waals surface area contributed by atoms with Crippen LogP contribution in [-0.4, -0.2) is 0 Å². The van der Waals surface area contributed by atoms with E-state index in [1.165, 1.54) is 12.1 Å². The Bertz CT molecular complexity index is 579.